The molecule has 0 aromatic heterocycles. The van der Waals surface area contributed by atoms with E-state index in [0.29, 0.717) is 28.3 Å². The van der Waals surface area contributed by atoms with E-state index in [-0.39, 0.29) is 30.5 Å². The fraction of sp³-hybridized carbons (Fsp3) is 0.565. The van der Waals surface area contributed by atoms with Crippen LogP contribution >= 0.6 is 23.4 Å². The van der Waals surface area contributed by atoms with Gasteiger partial charge in [-0.25, -0.2) is 0 Å². The Kier molecular flexibility index (Phi) is 8.66. The summed E-state index contributed by atoms with van der Waals surface area (Å²) in [5.74, 6) is -0.160. The van der Waals surface area contributed by atoms with Crippen LogP contribution in [0.5, 0.6) is 0 Å². The van der Waals surface area contributed by atoms with Gasteiger partial charge in [-0.2, -0.15) is 0 Å². The van der Waals surface area contributed by atoms with Crippen molar-refractivity contribution in [1.82, 2.24) is 10.2 Å². The van der Waals surface area contributed by atoms with Gasteiger partial charge in [-0.05, 0) is 56.9 Å². The summed E-state index contributed by atoms with van der Waals surface area (Å²) in [6.45, 7) is 5.27. The van der Waals surface area contributed by atoms with Crippen molar-refractivity contribution in [1.29, 1.82) is 0 Å². The molecule has 2 aliphatic rings. The Morgan fingerprint density at radius 3 is 2.93 bits per heavy atom. The van der Waals surface area contributed by atoms with Crippen molar-refractivity contribution in [2.45, 2.75) is 63.3 Å². The van der Waals surface area contributed by atoms with E-state index >= 15 is 0 Å². The molecule has 1 N–H and O–H groups in total. The summed E-state index contributed by atoms with van der Waals surface area (Å²) in [7, 11) is 0. The molecular weight excluding hydrogens is 420 g/mol. The predicted molar refractivity (Wildman–Crippen MR) is 123 cm³/mol. The second-order valence-electron chi connectivity index (χ2n) is 8.13. The van der Waals surface area contributed by atoms with Crippen molar-refractivity contribution in [2.24, 2.45) is 0 Å². The van der Waals surface area contributed by atoms with Crippen molar-refractivity contribution in [3.63, 3.8) is 0 Å². The molecule has 2 unspecified atom stereocenters. The number of hydrogen-bond acceptors (Lipinski definition) is 4. The lowest BCUT2D eigenvalue weighted by Crippen LogP contribution is -2.54. The molecule has 2 fully saturated rings. The van der Waals surface area contributed by atoms with E-state index in [0.717, 1.165) is 31.2 Å². The Morgan fingerprint density at radius 2 is 2.17 bits per heavy atom. The van der Waals surface area contributed by atoms with Crippen LogP contribution in [0, 0.1) is 0 Å². The second kappa shape index (κ2) is 11.2. The van der Waals surface area contributed by atoms with Gasteiger partial charge in [-0.1, -0.05) is 36.6 Å². The molecule has 7 heteroatoms. The summed E-state index contributed by atoms with van der Waals surface area (Å²) in [6.07, 6.45) is 7.16. The zero-order valence-corrected chi connectivity index (χ0v) is 19.3. The van der Waals surface area contributed by atoms with Gasteiger partial charge < -0.3 is 15.0 Å². The molecule has 1 heterocycles. The monoisotopic (exact) mass is 450 g/mol. The van der Waals surface area contributed by atoms with Crippen LogP contribution in [0.25, 0.3) is 6.08 Å². The molecule has 5 nitrogen and oxygen atoms in total. The third-order valence-electron chi connectivity index (χ3n) is 5.37. The van der Waals surface area contributed by atoms with Gasteiger partial charge >= 0.3 is 0 Å². The second-order valence-corrected chi connectivity index (χ2v) is 9.85. The van der Waals surface area contributed by atoms with Crippen LogP contribution in [0.15, 0.2) is 29.2 Å². The first-order valence-corrected chi connectivity index (χ1v) is 12.0. The van der Waals surface area contributed by atoms with Gasteiger partial charge in [-0.3, -0.25) is 9.59 Å². The van der Waals surface area contributed by atoms with Crippen LogP contribution in [0.2, 0.25) is 5.02 Å². The fourth-order valence-electron chi connectivity index (χ4n) is 3.94. The molecule has 1 saturated carbocycles. The molecule has 2 amide bonds. The van der Waals surface area contributed by atoms with Crippen LogP contribution in [-0.4, -0.2) is 53.8 Å². The molecule has 1 aromatic carbocycles. The zero-order chi connectivity index (χ0) is 21.5. The summed E-state index contributed by atoms with van der Waals surface area (Å²) in [4.78, 5) is 28.3. The normalized spacial score (nSPS) is 23.0. The van der Waals surface area contributed by atoms with Crippen LogP contribution in [0.1, 0.15) is 51.5 Å². The minimum Gasteiger partial charge on any atom is -0.379 e. The number of carbonyl (C=O) groups is 2. The number of benzene rings is 1. The summed E-state index contributed by atoms with van der Waals surface area (Å²) in [5.41, 5.74) is 0.905. The first-order valence-electron chi connectivity index (χ1n) is 10.8. The molecule has 2 atom stereocenters. The highest BCUT2D eigenvalue weighted by molar-refractivity contribution is 8.04. The van der Waals surface area contributed by atoms with Crippen molar-refractivity contribution >= 4 is 41.3 Å². The molecule has 3 rings (SSSR count). The zero-order valence-electron chi connectivity index (χ0n) is 17.7. The number of ether oxygens (including phenoxy) is 1. The number of carbonyl (C=O) groups excluding carboxylic acids is 2. The Balaban J connectivity index is 1.66. The number of halogens is 1. The van der Waals surface area contributed by atoms with E-state index in [4.69, 9.17) is 16.3 Å². The van der Waals surface area contributed by atoms with E-state index in [1.807, 2.05) is 44.2 Å². The van der Waals surface area contributed by atoms with Gasteiger partial charge in [-0.15, -0.1) is 11.8 Å². The Labute approximate surface area is 188 Å². The summed E-state index contributed by atoms with van der Waals surface area (Å²) in [6, 6.07) is 7.62. The Bertz CT molecular complexity index is 783. The highest BCUT2D eigenvalue weighted by Gasteiger charge is 2.41. The van der Waals surface area contributed by atoms with Crippen LogP contribution in [0.4, 0.5) is 0 Å². The maximum Gasteiger partial charge on any atom is 0.261 e. The lowest BCUT2D eigenvalue weighted by Gasteiger charge is -2.43. The third-order valence-corrected chi connectivity index (χ3v) is 7.01. The minimum absolute atomic E-state index is 0.0542. The molecule has 1 aromatic rings. The van der Waals surface area contributed by atoms with Gasteiger partial charge in [0.1, 0.15) is 6.54 Å². The molecule has 164 valence electrons. The highest BCUT2D eigenvalue weighted by atomic mass is 35.5. The number of nitrogens with one attached hydrogen (secondary N) is 1. The smallest absolute Gasteiger partial charge is 0.261 e. The summed E-state index contributed by atoms with van der Waals surface area (Å²) in [5, 5.41) is 3.92. The molecule has 0 radical (unpaired) electrons. The molecule has 30 heavy (non-hydrogen) atoms. The van der Waals surface area contributed by atoms with Gasteiger partial charge in [0.25, 0.3) is 5.91 Å². The van der Waals surface area contributed by atoms with Gasteiger partial charge in [0.15, 0.2) is 0 Å². The SMILES string of the molecule is CC(C)OCCCNC(=O)CN1C(=O)/C(=C\c2cccc(Cl)c2)SC2CCCCC21. The predicted octanol–water partition coefficient (Wildman–Crippen LogP) is 4.50. The number of thioether (sulfide) groups is 1. The van der Waals surface area contributed by atoms with Crippen LogP contribution < -0.4 is 5.32 Å². The summed E-state index contributed by atoms with van der Waals surface area (Å²) < 4.78 is 5.50. The topological polar surface area (TPSA) is 58.6 Å². The molecule has 1 aliphatic heterocycles. The standard InChI is InChI=1S/C23H31ClN2O3S/c1-16(2)29-12-6-11-25-22(27)15-26-19-9-3-4-10-20(19)30-21(23(26)28)14-17-7-5-8-18(24)13-17/h5,7-8,13-14,16,19-20H,3-4,6,9-12,15H2,1-2H3,(H,25,27)/b21-14+. The van der Waals surface area contributed by atoms with E-state index in [9.17, 15) is 9.59 Å². The van der Waals surface area contributed by atoms with Crippen molar-refractivity contribution < 1.29 is 14.3 Å². The van der Waals surface area contributed by atoms with E-state index in [2.05, 4.69) is 5.32 Å². The lowest BCUT2D eigenvalue weighted by atomic mass is 9.93. The van der Waals surface area contributed by atoms with Crippen LogP contribution in [-0.2, 0) is 14.3 Å². The third kappa shape index (κ3) is 6.50. The molecule has 1 saturated heterocycles. The van der Waals surface area contributed by atoms with E-state index in [1.54, 1.807) is 16.7 Å². The average Bonchev–Trinajstić information content (AvgIpc) is 2.70. The quantitative estimate of drug-likeness (QED) is 0.468. The maximum absolute atomic E-state index is 13.3. The first-order chi connectivity index (χ1) is 14.4. The van der Waals surface area contributed by atoms with E-state index < -0.39 is 0 Å². The summed E-state index contributed by atoms with van der Waals surface area (Å²) >= 11 is 7.76. The highest BCUT2D eigenvalue weighted by Crippen LogP contribution is 2.42. The number of rotatable bonds is 8. The molecule has 0 bridgehead atoms. The van der Waals surface area contributed by atoms with E-state index in [1.165, 1.54) is 6.42 Å². The fourth-order valence-corrected chi connectivity index (χ4v) is 5.61. The maximum atomic E-state index is 13.3. The van der Waals surface area contributed by atoms with Crippen molar-refractivity contribution in [3.05, 3.63) is 39.8 Å². The number of amides is 2. The molecule has 0 spiro atoms. The van der Waals surface area contributed by atoms with Crippen LogP contribution in [0.3, 0.4) is 0 Å². The Hall–Kier alpha value is -1.50. The lowest BCUT2D eigenvalue weighted by molar-refractivity contribution is -0.135. The number of nitrogens with zero attached hydrogens (tertiary/aromatic N) is 1. The minimum atomic E-state index is -0.105. The Morgan fingerprint density at radius 1 is 1.37 bits per heavy atom. The van der Waals surface area contributed by atoms with Crippen molar-refractivity contribution in [3.8, 4) is 0 Å². The van der Waals surface area contributed by atoms with Gasteiger partial charge in [0.05, 0.1) is 11.0 Å². The molecule has 1 aliphatic carbocycles. The van der Waals surface area contributed by atoms with Gasteiger partial charge in [0, 0.05) is 29.5 Å². The number of hydrogen-bond donors (Lipinski definition) is 1. The molecular formula is C23H31ClN2O3S. The first kappa shape index (κ1) is 23.2. The largest absolute Gasteiger partial charge is 0.379 e. The van der Waals surface area contributed by atoms with Gasteiger partial charge in [0.2, 0.25) is 5.91 Å². The average molecular weight is 451 g/mol. The number of fused-ring (bicyclic) bond motifs is 1. The van der Waals surface area contributed by atoms with Crippen molar-refractivity contribution in [2.75, 3.05) is 19.7 Å².